The molecule has 1 saturated heterocycles. The van der Waals surface area contributed by atoms with Gasteiger partial charge in [0.15, 0.2) is 0 Å². The van der Waals surface area contributed by atoms with Gasteiger partial charge in [-0.2, -0.15) is 5.10 Å². The Morgan fingerprint density at radius 3 is 3.00 bits per heavy atom. The molecule has 8 heteroatoms. The summed E-state index contributed by atoms with van der Waals surface area (Å²) in [4.78, 5) is 12.2. The van der Waals surface area contributed by atoms with Crippen molar-refractivity contribution in [2.24, 2.45) is 0 Å². The van der Waals surface area contributed by atoms with E-state index in [4.69, 9.17) is 0 Å². The molecule has 1 fully saturated rings. The normalized spacial score (nSPS) is 17.0. The molecule has 2 aromatic rings. The van der Waals surface area contributed by atoms with Crippen LogP contribution in [0, 0.1) is 5.82 Å². The van der Waals surface area contributed by atoms with Gasteiger partial charge in [0.05, 0.1) is 10.5 Å². The molecular formula is C17H21BrClFN4O. The predicted octanol–water partition coefficient (Wildman–Crippen LogP) is 3.10. The van der Waals surface area contributed by atoms with Gasteiger partial charge in [0.2, 0.25) is 0 Å². The van der Waals surface area contributed by atoms with Crippen LogP contribution in [0.3, 0.4) is 0 Å². The third-order valence-electron chi connectivity index (χ3n) is 4.17. The maximum atomic E-state index is 13.2. The summed E-state index contributed by atoms with van der Waals surface area (Å²) in [6.07, 6.45) is 4.70. The molecule has 0 spiro atoms. The number of carbonyl (C=O) groups is 1. The average Bonchev–Trinajstić information content (AvgIpc) is 3.09. The number of halogens is 3. The van der Waals surface area contributed by atoms with Crippen LogP contribution in [0.2, 0.25) is 0 Å². The van der Waals surface area contributed by atoms with E-state index in [1.807, 2.05) is 10.9 Å². The summed E-state index contributed by atoms with van der Waals surface area (Å²) in [6, 6.07) is 6.93. The Bertz CT molecular complexity index is 718. The first kappa shape index (κ1) is 19.9. The SMILES string of the molecule is Cl.O=C(NCCc1ccc(F)c(Br)c1)c1ccn(C2CCCNC2)n1. The second-order valence-corrected chi connectivity index (χ2v) is 6.79. The first-order chi connectivity index (χ1) is 11.6. The van der Waals surface area contributed by atoms with Gasteiger partial charge in [-0.3, -0.25) is 9.48 Å². The van der Waals surface area contributed by atoms with Crippen LogP contribution in [0.4, 0.5) is 4.39 Å². The van der Waals surface area contributed by atoms with Gasteiger partial charge in [0.1, 0.15) is 11.5 Å². The molecule has 136 valence electrons. The van der Waals surface area contributed by atoms with Gasteiger partial charge in [-0.05, 0) is 65.5 Å². The fourth-order valence-corrected chi connectivity index (χ4v) is 3.25. The van der Waals surface area contributed by atoms with Crippen LogP contribution < -0.4 is 10.6 Å². The van der Waals surface area contributed by atoms with Crippen LogP contribution in [-0.4, -0.2) is 35.3 Å². The molecule has 1 unspecified atom stereocenters. The van der Waals surface area contributed by atoms with E-state index in [0.29, 0.717) is 29.2 Å². The minimum atomic E-state index is -0.287. The van der Waals surface area contributed by atoms with Gasteiger partial charge in [0.25, 0.3) is 5.91 Å². The lowest BCUT2D eigenvalue weighted by atomic mass is 10.1. The summed E-state index contributed by atoms with van der Waals surface area (Å²) >= 11 is 3.16. The van der Waals surface area contributed by atoms with Gasteiger partial charge in [-0.25, -0.2) is 4.39 Å². The van der Waals surface area contributed by atoms with E-state index in [0.717, 1.165) is 31.5 Å². The van der Waals surface area contributed by atoms with E-state index in [1.165, 1.54) is 6.07 Å². The van der Waals surface area contributed by atoms with E-state index >= 15 is 0 Å². The number of hydrogen-bond donors (Lipinski definition) is 2. The highest BCUT2D eigenvalue weighted by atomic mass is 79.9. The lowest BCUT2D eigenvalue weighted by molar-refractivity contribution is 0.0947. The van der Waals surface area contributed by atoms with Gasteiger partial charge >= 0.3 is 0 Å². The highest BCUT2D eigenvalue weighted by molar-refractivity contribution is 9.10. The molecule has 0 saturated carbocycles. The second-order valence-electron chi connectivity index (χ2n) is 5.94. The van der Waals surface area contributed by atoms with Crippen LogP contribution in [0.15, 0.2) is 34.9 Å². The Balaban J connectivity index is 0.00000225. The smallest absolute Gasteiger partial charge is 0.271 e. The van der Waals surface area contributed by atoms with Crippen LogP contribution in [0.5, 0.6) is 0 Å². The Kier molecular flexibility index (Phi) is 7.40. The average molecular weight is 432 g/mol. The Labute approximate surface area is 160 Å². The second kappa shape index (κ2) is 9.31. The van der Waals surface area contributed by atoms with E-state index in [2.05, 4.69) is 31.7 Å². The van der Waals surface area contributed by atoms with Crippen molar-refractivity contribution in [1.29, 1.82) is 0 Å². The molecule has 1 aromatic heterocycles. The van der Waals surface area contributed by atoms with Crippen molar-refractivity contribution < 1.29 is 9.18 Å². The molecule has 0 radical (unpaired) electrons. The van der Waals surface area contributed by atoms with E-state index in [9.17, 15) is 9.18 Å². The maximum absolute atomic E-state index is 13.2. The van der Waals surface area contributed by atoms with Crippen molar-refractivity contribution >= 4 is 34.2 Å². The van der Waals surface area contributed by atoms with Crippen LogP contribution in [0.1, 0.15) is 34.9 Å². The molecule has 1 aromatic carbocycles. The standard InChI is InChI=1S/C17H20BrFN4O.ClH/c18-14-10-12(3-4-15(14)19)5-8-21-17(24)16-6-9-23(22-16)13-2-1-7-20-11-13;/h3-4,6,9-10,13,20H,1-2,5,7-8,11H2,(H,21,24);1H. The molecule has 5 nitrogen and oxygen atoms in total. The summed E-state index contributed by atoms with van der Waals surface area (Å²) < 4.78 is 15.5. The van der Waals surface area contributed by atoms with Gasteiger partial charge in [-0.1, -0.05) is 6.07 Å². The molecule has 0 bridgehead atoms. The number of hydrogen-bond acceptors (Lipinski definition) is 3. The number of piperidine rings is 1. The molecular weight excluding hydrogens is 411 g/mol. The fourth-order valence-electron chi connectivity index (χ4n) is 2.83. The number of benzene rings is 1. The third-order valence-corrected chi connectivity index (χ3v) is 4.78. The van der Waals surface area contributed by atoms with Crippen molar-refractivity contribution in [3.05, 3.63) is 52.0 Å². The van der Waals surface area contributed by atoms with Crippen molar-refractivity contribution in [2.75, 3.05) is 19.6 Å². The van der Waals surface area contributed by atoms with Crippen LogP contribution in [-0.2, 0) is 6.42 Å². The van der Waals surface area contributed by atoms with Crippen molar-refractivity contribution in [2.45, 2.75) is 25.3 Å². The predicted molar refractivity (Wildman–Crippen MR) is 101 cm³/mol. The number of nitrogens with zero attached hydrogens (tertiary/aromatic N) is 2. The molecule has 25 heavy (non-hydrogen) atoms. The topological polar surface area (TPSA) is 59.0 Å². The van der Waals surface area contributed by atoms with E-state index in [-0.39, 0.29) is 24.1 Å². The number of rotatable bonds is 5. The lowest BCUT2D eigenvalue weighted by Gasteiger charge is -2.22. The first-order valence-electron chi connectivity index (χ1n) is 8.11. The number of nitrogens with one attached hydrogen (secondary N) is 2. The fraction of sp³-hybridized carbons (Fsp3) is 0.412. The molecule has 1 atom stereocenters. The number of aromatic nitrogens is 2. The zero-order valence-corrected chi connectivity index (χ0v) is 16.1. The summed E-state index contributed by atoms with van der Waals surface area (Å²) in [5.41, 5.74) is 1.39. The van der Waals surface area contributed by atoms with E-state index in [1.54, 1.807) is 18.2 Å². The quantitative estimate of drug-likeness (QED) is 0.765. The van der Waals surface area contributed by atoms with Gasteiger partial charge in [-0.15, -0.1) is 12.4 Å². The van der Waals surface area contributed by atoms with Crippen molar-refractivity contribution in [1.82, 2.24) is 20.4 Å². The summed E-state index contributed by atoms with van der Waals surface area (Å²) in [5, 5.41) is 10.6. The number of amides is 1. The molecule has 3 rings (SSSR count). The molecule has 1 aliphatic heterocycles. The third kappa shape index (κ3) is 5.26. The highest BCUT2D eigenvalue weighted by Gasteiger charge is 2.17. The van der Waals surface area contributed by atoms with E-state index < -0.39 is 0 Å². The maximum Gasteiger partial charge on any atom is 0.271 e. The van der Waals surface area contributed by atoms with Crippen molar-refractivity contribution in [3.63, 3.8) is 0 Å². The van der Waals surface area contributed by atoms with Gasteiger partial charge < -0.3 is 10.6 Å². The molecule has 2 N–H and O–H groups in total. The molecule has 1 amide bonds. The van der Waals surface area contributed by atoms with Crippen LogP contribution in [0.25, 0.3) is 0 Å². The zero-order chi connectivity index (χ0) is 16.9. The Morgan fingerprint density at radius 1 is 1.44 bits per heavy atom. The molecule has 1 aliphatic rings. The first-order valence-corrected chi connectivity index (χ1v) is 8.91. The largest absolute Gasteiger partial charge is 0.350 e. The minimum Gasteiger partial charge on any atom is -0.350 e. The lowest BCUT2D eigenvalue weighted by Crippen LogP contribution is -2.32. The Hall–Kier alpha value is -1.44. The zero-order valence-electron chi connectivity index (χ0n) is 13.7. The summed E-state index contributed by atoms with van der Waals surface area (Å²) in [7, 11) is 0. The minimum absolute atomic E-state index is 0. The summed E-state index contributed by atoms with van der Waals surface area (Å²) in [6.45, 7) is 2.42. The van der Waals surface area contributed by atoms with Crippen LogP contribution >= 0.6 is 28.3 Å². The molecule has 0 aliphatic carbocycles. The highest BCUT2D eigenvalue weighted by Crippen LogP contribution is 2.17. The number of carbonyl (C=O) groups excluding carboxylic acids is 1. The monoisotopic (exact) mass is 430 g/mol. The Morgan fingerprint density at radius 2 is 2.28 bits per heavy atom. The van der Waals surface area contributed by atoms with Crippen molar-refractivity contribution in [3.8, 4) is 0 Å². The summed E-state index contributed by atoms with van der Waals surface area (Å²) in [5.74, 6) is -0.468. The molecule has 2 heterocycles. The van der Waals surface area contributed by atoms with Gasteiger partial charge in [0, 0.05) is 19.3 Å².